The summed E-state index contributed by atoms with van der Waals surface area (Å²) in [5.74, 6) is -0.0946. The van der Waals surface area contributed by atoms with Crippen molar-refractivity contribution in [2.45, 2.75) is 24.3 Å². The Hall–Kier alpha value is -1.66. The number of benzene rings is 1. The largest absolute Gasteiger partial charge is 0.383 e. The molecule has 6 heteroatoms. The number of sulfone groups is 1. The highest BCUT2D eigenvalue weighted by Gasteiger charge is 2.29. The Morgan fingerprint density at radius 2 is 2.00 bits per heavy atom. The predicted octanol–water partition coefficient (Wildman–Crippen LogP) is 2.54. The van der Waals surface area contributed by atoms with Crippen LogP contribution in [0.1, 0.15) is 29.0 Å². The lowest BCUT2D eigenvalue weighted by molar-refractivity contribution is 0.197. The van der Waals surface area contributed by atoms with E-state index >= 15 is 0 Å². The summed E-state index contributed by atoms with van der Waals surface area (Å²) in [5, 5.41) is 3.13. The summed E-state index contributed by atoms with van der Waals surface area (Å²) in [4.78, 5) is 0. The van der Waals surface area contributed by atoms with Gasteiger partial charge in [0.15, 0.2) is 9.84 Å². The van der Waals surface area contributed by atoms with Crippen molar-refractivity contribution in [2.75, 3.05) is 13.7 Å². The Balaban J connectivity index is 2.30. The molecular weight excluding hydrogens is 290 g/mol. The summed E-state index contributed by atoms with van der Waals surface area (Å²) in [6.45, 7) is 2.04. The van der Waals surface area contributed by atoms with Crippen LogP contribution < -0.4 is 0 Å². The van der Waals surface area contributed by atoms with Crippen molar-refractivity contribution in [2.24, 2.45) is 0 Å². The van der Waals surface area contributed by atoms with Gasteiger partial charge in [-0.05, 0) is 12.0 Å². The van der Waals surface area contributed by atoms with E-state index in [1.807, 2.05) is 25.1 Å². The zero-order valence-corrected chi connectivity index (χ0v) is 13.0. The van der Waals surface area contributed by atoms with Gasteiger partial charge in [-0.25, -0.2) is 8.42 Å². The molecule has 0 bridgehead atoms. The second-order valence-electron chi connectivity index (χ2n) is 4.80. The molecule has 1 atom stereocenters. The van der Waals surface area contributed by atoms with Crippen molar-refractivity contribution < 1.29 is 17.7 Å². The molecule has 114 valence electrons. The Morgan fingerprint density at radius 3 is 2.62 bits per heavy atom. The standard InChI is InChI=1S/C15H19NO4S/c1-3-14-13(9-20-16-14)11-21(17,18)15(10-19-2)12-7-5-4-6-8-12/h4-9,15H,3,10-11H2,1-2H3. The Kier molecular flexibility index (Phi) is 5.14. The van der Waals surface area contributed by atoms with Gasteiger partial charge in [-0.3, -0.25) is 0 Å². The molecule has 1 heterocycles. The smallest absolute Gasteiger partial charge is 0.163 e. The van der Waals surface area contributed by atoms with Gasteiger partial charge in [-0.1, -0.05) is 42.4 Å². The Morgan fingerprint density at radius 1 is 1.29 bits per heavy atom. The average Bonchev–Trinajstić information content (AvgIpc) is 2.92. The molecule has 0 saturated heterocycles. The third-order valence-corrected chi connectivity index (χ3v) is 5.33. The van der Waals surface area contributed by atoms with E-state index in [-0.39, 0.29) is 12.4 Å². The monoisotopic (exact) mass is 309 g/mol. The van der Waals surface area contributed by atoms with Crippen molar-refractivity contribution in [3.05, 3.63) is 53.4 Å². The maximum Gasteiger partial charge on any atom is 0.163 e. The van der Waals surface area contributed by atoms with E-state index < -0.39 is 15.1 Å². The summed E-state index contributed by atoms with van der Waals surface area (Å²) in [5.41, 5.74) is 2.03. The Bertz CT molecular complexity index is 664. The lowest BCUT2D eigenvalue weighted by Gasteiger charge is -2.17. The molecule has 0 amide bonds. The van der Waals surface area contributed by atoms with Crippen LogP contribution in [0.15, 0.2) is 41.1 Å². The third-order valence-electron chi connectivity index (χ3n) is 3.34. The number of ether oxygens (including phenoxy) is 1. The highest BCUT2D eigenvalue weighted by atomic mass is 32.2. The normalized spacial score (nSPS) is 13.2. The summed E-state index contributed by atoms with van der Waals surface area (Å²) in [6, 6.07) is 9.11. The third kappa shape index (κ3) is 3.71. The van der Waals surface area contributed by atoms with Crippen molar-refractivity contribution in [3.63, 3.8) is 0 Å². The first-order valence-corrected chi connectivity index (χ1v) is 8.47. The second kappa shape index (κ2) is 6.87. The van der Waals surface area contributed by atoms with Crippen LogP contribution in [0.3, 0.4) is 0 Å². The van der Waals surface area contributed by atoms with Gasteiger partial charge in [-0.15, -0.1) is 0 Å². The van der Waals surface area contributed by atoms with Crippen molar-refractivity contribution in [3.8, 4) is 0 Å². The molecule has 0 spiro atoms. The first-order valence-electron chi connectivity index (χ1n) is 6.76. The van der Waals surface area contributed by atoms with E-state index in [1.165, 1.54) is 13.4 Å². The minimum Gasteiger partial charge on any atom is -0.383 e. The lowest BCUT2D eigenvalue weighted by Crippen LogP contribution is -2.20. The highest BCUT2D eigenvalue weighted by molar-refractivity contribution is 7.90. The van der Waals surface area contributed by atoms with Gasteiger partial charge in [0.2, 0.25) is 0 Å². The number of methoxy groups -OCH3 is 1. The number of nitrogens with zero attached hydrogens (tertiary/aromatic N) is 1. The molecule has 0 fully saturated rings. The van der Waals surface area contributed by atoms with Gasteiger partial charge in [0.1, 0.15) is 11.5 Å². The summed E-state index contributed by atoms with van der Waals surface area (Å²) >= 11 is 0. The maximum atomic E-state index is 12.7. The molecule has 2 aromatic rings. The average molecular weight is 309 g/mol. The van der Waals surface area contributed by atoms with Gasteiger partial charge in [-0.2, -0.15) is 0 Å². The number of hydrogen-bond acceptors (Lipinski definition) is 5. The molecule has 0 radical (unpaired) electrons. The minimum absolute atomic E-state index is 0.0946. The topological polar surface area (TPSA) is 69.4 Å². The van der Waals surface area contributed by atoms with Crippen LogP contribution in [-0.4, -0.2) is 27.3 Å². The van der Waals surface area contributed by atoms with Crippen molar-refractivity contribution in [1.82, 2.24) is 5.16 Å². The fourth-order valence-electron chi connectivity index (χ4n) is 2.23. The number of rotatable bonds is 7. The van der Waals surface area contributed by atoms with Gasteiger partial charge >= 0.3 is 0 Å². The number of aromatic nitrogens is 1. The van der Waals surface area contributed by atoms with Crippen LogP contribution in [0.25, 0.3) is 0 Å². The van der Waals surface area contributed by atoms with Crippen molar-refractivity contribution in [1.29, 1.82) is 0 Å². The highest BCUT2D eigenvalue weighted by Crippen LogP contribution is 2.27. The zero-order chi connectivity index (χ0) is 15.3. The first kappa shape index (κ1) is 15.7. The van der Waals surface area contributed by atoms with E-state index in [2.05, 4.69) is 5.16 Å². The molecule has 0 N–H and O–H groups in total. The van der Waals surface area contributed by atoms with Crippen LogP contribution in [-0.2, 0) is 26.7 Å². The summed E-state index contributed by atoms with van der Waals surface area (Å²) in [7, 11) is -1.92. The second-order valence-corrected chi connectivity index (χ2v) is 6.99. The van der Waals surface area contributed by atoms with E-state index in [4.69, 9.17) is 9.26 Å². The molecule has 0 aliphatic rings. The van der Waals surface area contributed by atoms with Gasteiger partial charge in [0, 0.05) is 12.7 Å². The first-order chi connectivity index (χ1) is 10.1. The van der Waals surface area contributed by atoms with Crippen LogP contribution in [0.5, 0.6) is 0 Å². The molecule has 0 saturated carbocycles. The number of hydrogen-bond donors (Lipinski definition) is 0. The number of aryl methyl sites for hydroxylation is 1. The SMILES string of the molecule is CCc1nocc1CS(=O)(=O)C(COC)c1ccccc1. The molecule has 0 aliphatic heterocycles. The predicted molar refractivity (Wildman–Crippen MR) is 79.6 cm³/mol. The molecule has 1 unspecified atom stereocenters. The molecule has 2 rings (SSSR count). The fourth-order valence-corrected chi connectivity index (χ4v) is 4.02. The van der Waals surface area contributed by atoms with E-state index in [0.29, 0.717) is 17.7 Å². The summed E-state index contributed by atoms with van der Waals surface area (Å²) in [6.07, 6.45) is 2.05. The molecular formula is C15H19NO4S. The van der Waals surface area contributed by atoms with Gasteiger partial charge in [0.05, 0.1) is 18.1 Å². The fraction of sp³-hybridized carbons (Fsp3) is 0.400. The van der Waals surface area contributed by atoms with Crippen LogP contribution in [0.2, 0.25) is 0 Å². The minimum atomic E-state index is -3.42. The lowest BCUT2D eigenvalue weighted by atomic mass is 10.1. The van der Waals surface area contributed by atoms with Crippen LogP contribution >= 0.6 is 0 Å². The van der Waals surface area contributed by atoms with Gasteiger partial charge < -0.3 is 9.26 Å². The van der Waals surface area contributed by atoms with Crippen LogP contribution in [0.4, 0.5) is 0 Å². The van der Waals surface area contributed by atoms with E-state index in [9.17, 15) is 8.42 Å². The van der Waals surface area contributed by atoms with Crippen LogP contribution in [0, 0.1) is 0 Å². The molecule has 1 aromatic carbocycles. The summed E-state index contributed by atoms with van der Waals surface area (Å²) < 4.78 is 35.4. The van der Waals surface area contributed by atoms with Gasteiger partial charge in [0.25, 0.3) is 0 Å². The molecule has 0 aliphatic carbocycles. The Labute approximate surface area is 124 Å². The zero-order valence-electron chi connectivity index (χ0n) is 12.2. The van der Waals surface area contributed by atoms with E-state index in [0.717, 1.165) is 5.56 Å². The molecule has 5 nitrogen and oxygen atoms in total. The van der Waals surface area contributed by atoms with E-state index in [1.54, 1.807) is 12.1 Å². The molecule has 1 aromatic heterocycles. The maximum absolute atomic E-state index is 12.7. The molecule has 21 heavy (non-hydrogen) atoms. The van der Waals surface area contributed by atoms with Crippen molar-refractivity contribution >= 4 is 9.84 Å². The quantitative estimate of drug-likeness (QED) is 0.786.